The smallest absolute Gasteiger partial charge is 0.328 e. The molecule has 0 heterocycles. The minimum absolute atomic E-state index is 0.369. The average molecular weight is 265 g/mol. The summed E-state index contributed by atoms with van der Waals surface area (Å²) in [5.74, 6) is -1.90. The molecule has 0 saturated carbocycles. The fourth-order valence-electron chi connectivity index (χ4n) is 1.64. The monoisotopic (exact) mass is 265 g/mol. The fraction of sp³-hybridized carbons (Fsp3) is 0.429. The van der Waals surface area contributed by atoms with Gasteiger partial charge in [-0.05, 0) is 26.3 Å². The zero-order chi connectivity index (χ0) is 14.7. The van der Waals surface area contributed by atoms with Gasteiger partial charge in [0.05, 0.1) is 6.42 Å². The number of hydrogen-bond acceptors (Lipinski definition) is 4. The number of nitrogens with two attached hydrogens (primary N) is 1. The van der Waals surface area contributed by atoms with Gasteiger partial charge in [0, 0.05) is 0 Å². The van der Waals surface area contributed by atoms with E-state index in [4.69, 9.17) is 10.5 Å². The van der Waals surface area contributed by atoms with Crippen LogP contribution in [0.4, 0.5) is 0 Å². The zero-order valence-corrected chi connectivity index (χ0v) is 11.3. The van der Waals surface area contributed by atoms with Crippen LogP contribution < -0.4 is 5.73 Å². The first-order valence-corrected chi connectivity index (χ1v) is 5.95. The molecule has 0 bridgehead atoms. The number of benzene rings is 1. The Balaban J connectivity index is 2.97. The zero-order valence-electron chi connectivity index (χ0n) is 11.3. The minimum Gasteiger partial charge on any atom is -0.480 e. The quantitative estimate of drug-likeness (QED) is 0.808. The summed E-state index contributed by atoms with van der Waals surface area (Å²) in [6.07, 6.45) is -0.413. The van der Waals surface area contributed by atoms with Crippen molar-refractivity contribution in [2.75, 3.05) is 0 Å². The van der Waals surface area contributed by atoms with Crippen molar-refractivity contribution in [1.82, 2.24) is 0 Å². The number of rotatable bonds is 4. The van der Waals surface area contributed by atoms with E-state index in [1.54, 1.807) is 51.1 Å². The van der Waals surface area contributed by atoms with E-state index >= 15 is 0 Å². The van der Waals surface area contributed by atoms with Crippen LogP contribution in [0.1, 0.15) is 32.8 Å². The second-order valence-electron chi connectivity index (χ2n) is 5.41. The number of esters is 1. The summed E-state index contributed by atoms with van der Waals surface area (Å²) >= 11 is 0. The maximum absolute atomic E-state index is 11.8. The van der Waals surface area contributed by atoms with Gasteiger partial charge < -0.3 is 15.6 Å². The Hall–Kier alpha value is -1.88. The molecule has 0 aliphatic carbocycles. The third kappa shape index (κ3) is 4.06. The molecule has 1 aromatic rings. The molecule has 0 saturated heterocycles. The molecule has 1 atom stereocenters. The maximum atomic E-state index is 11.8. The Morgan fingerprint density at radius 3 is 2.16 bits per heavy atom. The first kappa shape index (κ1) is 15.2. The van der Waals surface area contributed by atoms with Gasteiger partial charge in [0.25, 0.3) is 0 Å². The number of carbonyl (C=O) groups is 2. The van der Waals surface area contributed by atoms with Crippen molar-refractivity contribution in [1.29, 1.82) is 0 Å². The SMILES string of the molecule is CC(C)(C)OC(=O)CC(N)(C(=O)O)c1ccccc1. The molecule has 0 amide bonds. The van der Waals surface area contributed by atoms with Crippen molar-refractivity contribution in [2.45, 2.75) is 38.3 Å². The van der Waals surface area contributed by atoms with Gasteiger partial charge in [0.15, 0.2) is 5.54 Å². The van der Waals surface area contributed by atoms with Crippen molar-refractivity contribution in [3.63, 3.8) is 0 Å². The molecule has 0 fully saturated rings. The second kappa shape index (κ2) is 5.40. The van der Waals surface area contributed by atoms with Crippen LogP contribution in [0.3, 0.4) is 0 Å². The third-order valence-corrected chi connectivity index (χ3v) is 2.51. The Labute approximate surface area is 112 Å². The van der Waals surface area contributed by atoms with Crippen LogP contribution in [0, 0.1) is 0 Å². The lowest BCUT2D eigenvalue weighted by atomic mass is 9.88. The largest absolute Gasteiger partial charge is 0.480 e. The van der Waals surface area contributed by atoms with E-state index in [1.165, 1.54) is 0 Å². The highest BCUT2D eigenvalue weighted by Crippen LogP contribution is 2.24. The van der Waals surface area contributed by atoms with Gasteiger partial charge in [0.1, 0.15) is 5.60 Å². The van der Waals surface area contributed by atoms with E-state index in [9.17, 15) is 14.7 Å². The summed E-state index contributed by atoms with van der Waals surface area (Å²) in [6.45, 7) is 5.14. The van der Waals surface area contributed by atoms with E-state index in [1.807, 2.05) is 0 Å². The van der Waals surface area contributed by atoms with E-state index in [0.717, 1.165) is 0 Å². The van der Waals surface area contributed by atoms with E-state index in [2.05, 4.69) is 0 Å². The highest BCUT2D eigenvalue weighted by molar-refractivity contribution is 5.86. The van der Waals surface area contributed by atoms with E-state index in [0.29, 0.717) is 5.56 Å². The minimum atomic E-state index is -1.77. The van der Waals surface area contributed by atoms with Gasteiger partial charge in [-0.25, -0.2) is 4.79 Å². The van der Waals surface area contributed by atoms with Crippen molar-refractivity contribution < 1.29 is 19.4 Å². The van der Waals surface area contributed by atoms with Crippen LogP contribution in [0.25, 0.3) is 0 Å². The second-order valence-corrected chi connectivity index (χ2v) is 5.41. The highest BCUT2D eigenvalue weighted by atomic mass is 16.6. The summed E-state index contributed by atoms with van der Waals surface area (Å²) < 4.78 is 5.12. The fourth-order valence-corrected chi connectivity index (χ4v) is 1.64. The van der Waals surface area contributed by atoms with E-state index < -0.39 is 29.5 Å². The van der Waals surface area contributed by atoms with Gasteiger partial charge in [-0.1, -0.05) is 30.3 Å². The average Bonchev–Trinajstić information content (AvgIpc) is 2.27. The number of carboxylic acid groups (broad SMARTS) is 1. The van der Waals surface area contributed by atoms with Crippen molar-refractivity contribution >= 4 is 11.9 Å². The molecule has 3 N–H and O–H groups in total. The van der Waals surface area contributed by atoms with Gasteiger partial charge in [-0.3, -0.25) is 4.79 Å². The normalized spacial score (nSPS) is 14.5. The number of carbonyl (C=O) groups excluding carboxylic acids is 1. The number of aliphatic carboxylic acids is 1. The Morgan fingerprint density at radius 2 is 1.74 bits per heavy atom. The topological polar surface area (TPSA) is 89.6 Å². The van der Waals surface area contributed by atoms with Gasteiger partial charge >= 0.3 is 11.9 Å². The third-order valence-electron chi connectivity index (χ3n) is 2.51. The van der Waals surface area contributed by atoms with E-state index in [-0.39, 0.29) is 0 Å². The Kier molecular flexibility index (Phi) is 4.32. The summed E-state index contributed by atoms with van der Waals surface area (Å²) in [4.78, 5) is 23.2. The van der Waals surface area contributed by atoms with Crippen LogP contribution in [0.15, 0.2) is 30.3 Å². The van der Waals surface area contributed by atoms with Crippen molar-refractivity contribution in [3.05, 3.63) is 35.9 Å². The first-order valence-electron chi connectivity index (χ1n) is 5.95. The van der Waals surface area contributed by atoms with Gasteiger partial charge in [-0.2, -0.15) is 0 Å². The number of hydrogen-bond donors (Lipinski definition) is 2. The maximum Gasteiger partial charge on any atom is 0.328 e. The predicted octanol–water partition coefficient (Wildman–Crippen LogP) is 1.66. The number of ether oxygens (including phenoxy) is 1. The summed E-state index contributed by atoms with van der Waals surface area (Å²) in [7, 11) is 0. The lowest BCUT2D eigenvalue weighted by Crippen LogP contribution is -2.47. The Morgan fingerprint density at radius 1 is 1.21 bits per heavy atom. The molecular weight excluding hydrogens is 246 g/mol. The molecule has 104 valence electrons. The molecule has 19 heavy (non-hydrogen) atoms. The first-order chi connectivity index (χ1) is 8.65. The molecule has 5 heteroatoms. The molecule has 1 unspecified atom stereocenters. The number of carboxylic acids is 1. The molecule has 0 aliphatic rings. The molecule has 0 aliphatic heterocycles. The lowest BCUT2D eigenvalue weighted by molar-refractivity contribution is -0.161. The molecule has 1 rings (SSSR count). The standard InChI is InChI=1S/C14H19NO4/c1-13(2,3)19-11(16)9-14(15,12(17)18)10-7-5-4-6-8-10/h4-8H,9,15H2,1-3H3,(H,17,18). The van der Waals surface area contributed by atoms with Crippen molar-refractivity contribution in [3.8, 4) is 0 Å². The summed E-state index contributed by atoms with van der Waals surface area (Å²) in [5.41, 5.74) is 3.80. The summed E-state index contributed by atoms with van der Waals surface area (Å²) in [5, 5.41) is 9.30. The molecule has 0 spiro atoms. The van der Waals surface area contributed by atoms with Gasteiger partial charge in [0.2, 0.25) is 0 Å². The van der Waals surface area contributed by atoms with Crippen LogP contribution in [0.5, 0.6) is 0 Å². The summed E-state index contributed by atoms with van der Waals surface area (Å²) in [6, 6.07) is 8.26. The van der Waals surface area contributed by atoms with Gasteiger partial charge in [-0.15, -0.1) is 0 Å². The highest BCUT2D eigenvalue weighted by Gasteiger charge is 2.39. The molecular formula is C14H19NO4. The molecule has 0 radical (unpaired) electrons. The van der Waals surface area contributed by atoms with Crippen molar-refractivity contribution in [2.24, 2.45) is 5.73 Å². The van der Waals surface area contributed by atoms with Crippen LogP contribution >= 0.6 is 0 Å². The van der Waals surface area contributed by atoms with Crippen LogP contribution in [-0.2, 0) is 19.9 Å². The van der Waals surface area contributed by atoms with Crippen LogP contribution in [-0.4, -0.2) is 22.6 Å². The predicted molar refractivity (Wildman–Crippen MR) is 70.4 cm³/mol. The molecule has 0 aromatic heterocycles. The molecule has 1 aromatic carbocycles. The lowest BCUT2D eigenvalue weighted by Gasteiger charge is -2.27. The Bertz CT molecular complexity index is 464. The molecule has 5 nitrogen and oxygen atoms in total. The van der Waals surface area contributed by atoms with Crippen LogP contribution in [0.2, 0.25) is 0 Å².